The second-order valence-corrected chi connectivity index (χ2v) is 9.18. The van der Waals surface area contributed by atoms with Crippen LogP contribution in [0.4, 0.5) is 15.8 Å². The molecule has 4 nitrogen and oxygen atoms in total. The van der Waals surface area contributed by atoms with Gasteiger partial charge in [-0.05, 0) is 37.3 Å². The molecule has 7 heteroatoms. The van der Waals surface area contributed by atoms with Gasteiger partial charge in [-0.15, -0.1) is 11.8 Å². The molecular weight excluding hydrogens is 435 g/mol. The summed E-state index contributed by atoms with van der Waals surface area (Å²) in [6.45, 7) is 1.95. The molecule has 1 fully saturated rings. The smallest absolute Gasteiger partial charge is 0.269 e. The van der Waals surface area contributed by atoms with E-state index < -0.39 is 10.7 Å². The van der Waals surface area contributed by atoms with E-state index in [-0.39, 0.29) is 34.7 Å². The van der Waals surface area contributed by atoms with Crippen LogP contribution in [0, 0.1) is 12.7 Å². The average molecular weight is 453 g/mol. The Hall–Kier alpha value is -2.83. The van der Waals surface area contributed by atoms with Crippen molar-refractivity contribution < 1.29 is 14.0 Å². The summed E-state index contributed by atoms with van der Waals surface area (Å²) in [5.41, 5.74) is 3.36. The predicted molar refractivity (Wildman–Crippen MR) is 122 cm³/mol. The van der Waals surface area contributed by atoms with Gasteiger partial charge in [-0.2, -0.15) is 0 Å². The average Bonchev–Trinajstić information content (AvgIpc) is 3.22. The van der Waals surface area contributed by atoms with E-state index in [1.807, 2.05) is 55.5 Å². The van der Waals surface area contributed by atoms with Crippen molar-refractivity contribution in [1.29, 1.82) is 0 Å². The van der Waals surface area contributed by atoms with Gasteiger partial charge in [0, 0.05) is 21.8 Å². The quantitative estimate of drug-likeness (QED) is 0.543. The number of hydrogen-bond acceptors (Lipinski definition) is 3. The van der Waals surface area contributed by atoms with E-state index in [0.29, 0.717) is 11.4 Å². The molecule has 3 aromatic carbocycles. The maximum absolute atomic E-state index is 14.5. The minimum absolute atomic E-state index is 0.0143. The monoisotopic (exact) mass is 452 g/mol. The number of hydrogen-bond donors (Lipinski definition) is 0. The number of carbonyl (C=O) groups is 2. The van der Waals surface area contributed by atoms with Gasteiger partial charge in [-0.1, -0.05) is 53.6 Å². The van der Waals surface area contributed by atoms with Crippen molar-refractivity contribution in [2.45, 2.75) is 18.3 Å². The number of rotatable bonds is 3. The fourth-order valence-electron chi connectivity index (χ4n) is 4.25. The third-order valence-electron chi connectivity index (χ3n) is 5.73. The van der Waals surface area contributed by atoms with E-state index in [1.165, 1.54) is 28.8 Å². The molecule has 3 aromatic rings. The van der Waals surface area contributed by atoms with Crippen molar-refractivity contribution >= 4 is 46.6 Å². The Morgan fingerprint density at radius 3 is 2.52 bits per heavy atom. The highest BCUT2D eigenvalue weighted by molar-refractivity contribution is 8.02. The zero-order chi connectivity index (χ0) is 21.8. The first kappa shape index (κ1) is 20.1. The van der Waals surface area contributed by atoms with Crippen molar-refractivity contribution in [3.8, 4) is 0 Å². The molecule has 156 valence electrons. The Balaban J connectivity index is 1.65. The Morgan fingerprint density at radius 2 is 1.77 bits per heavy atom. The third-order valence-corrected chi connectivity index (χ3v) is 7.47. The van der Waals surface area contributed by atoms with Gasteiger partial charge in [0.05, 0.1) is 18.0 Å². The van der Waals surface area contributed by atoms with E-state index >= 15 is 0 Å². The second-order valence-electron chi connectivity index (χ2n) is 7.61. The highest BCUT2D eigenvalue weighted by Gasteiger charge is 2.61. The minimum Gasteiger partial charge on any atom is -0.304 e. The molecule has 1 spiro atoms. The fraction of sp³-hybridized carbons (Fsp3) is 0.167. The molecule has 2 heterocycles. The zero-order valence-electron chi connectivity index (χ0n) is 16.6. The SMILES string of the molecule is Cc1ccc(N2C(=O)CSC23C(=O)N(Cc2c(F)cccc2Cl)c2ccccc23)cc1. The number of carbonyl (C=O) groups excluding carboxylic acids is 2. The van der Waals surface area contributed by atoms with Gasteiger partial charge >= 0.3 is 0 Å². The Morgan fingerprint density at radius 1 is 1.03 bits per heavy atom. The summed E-state index contributed by atoms with van der Waals surface area (Å²) in [5, 5.41) is 0.261. The minimum atomic E-state index is -1.22. The molecule has 1 saturated heterocycles. The third kappa shape index (κ3) is 2.97. The summed E-state index contributed by atoms with van der Waals surface area (Å²) >= 11 is 7.55. The lowest BCUT2D eigenvalue weighted by Crippen LogP contribution is -2.49. The second kappa shape index (κ2) is 7.39. The van der Waals surface area contributed by atoms with Crippen LogP contribution in [0.1, 0.15) is 16.7 Å². The van der Waals surface area contributed by atoms with E-state index in [4.69, 9.17) is 11.6 Å². The molecule has 1 unspecified atom stereocenters. The summed E-state index contributed by atoms with van der Waals surface area (Å²) in [5.74, 6) is -0.695. The molecule has 0 aromatic heterocycles. The van der Waals surface area contributed by atoms with Gasteiger partial charge in [0.1, 0.15) is 5.82 Å². The molecule has 0 N–H and O–H groups in total. The lowest BCUT2D eigenvalue weighted by atomic mass is 10.0. The summed E-state index contributed by atoms with van der Waals surface area (Å²) < 4.78 is 14.5. The van der Waals surface area contributed by atoms with Crippen LogP contribution in [0.5, 0.6) is 0 Å². The van der Waals surface area contributed by atoms with Gasteiger partial charge in [0.25, 0.3) is 5.91 Å². The van der Waals surface area contributed by atoms with Crippen molar-refractivity contribution in [2.24, 2.45) is 0 Å². The van der Waals surface area contributed by atoms with Gasteiger partial charge in [0.15, 0.2) is 0 Å². The summed E-state index contributed by atoms with van der Waals surface area (Å²) in [6, 6.07) is 19.4. The number of anilines is 2. The number of benzene rings is 3. The molecule has 2 aliphatic heterocycles. The highest BCUT2D eigenvalue weighted by Crippen LogP contribution is 2.56. The zero-order valence-corrected chi connectivity index (χ0v) is 18.2. The number of halogens is 2. The number of fused-ring (bicyclic) bond motifs is 2. The van der Waals surface area contributed by atoms with Gasteiger partial charge in [0.2, 0.25) is 10.8 Å². The Kier molecular flexibility index (Phi) is 4.79. The van der Waals surface area contributed by atoms with Gasteiger partial charge in [-0.25, -0.2) is 4.39 Å². The lowest BCUT2D eigenvalue weighted by Gasteiger charge is -2.33. The molecule has 0 saturated carbocycles. The topological polar surface area (TPSA) is 40.6 Å². The fourth-order valence-corrected chi connectivity index (χ4v) is 5.83. The summed E-state index contributed by atoms with van der Waals surface area (Å²) in [6.07, 6.45) is 0. The van der Waals surface area contributed by atoms with Crippen LogP contribution in [0.25, 0.3) is 0 Å². The molecule has 2 amide bonds. The first-order valence-corrected chi connectivity index (χ1v) is 11.2. The maximum Gasteiger partial charge on any atom is 0.269 e. The number of aryl methyl sites for hydroxylation is 1. The predicted octanol–water partition coefficient (Wildman–Crippen LogP) is 5.27. The van der Waals surface area contributed by atoms with Gasteiger partial charge < -0.3 is 4.90 Å². The van der Waals surface area contributed by atoms with E-state index in [2.05, 4.69) is 0 Å². The molecular formula is C24H18ClFN2O2S. The van der Waals surface area contributed by atoms with E-state index in [0.717, 1.165) is 11.1 Å². The molecule has 0 radical (unpaired) electrons. The highest BCUT2D eigenvalue weighted by atomic mass is 35.5. The lowest BCUT2D eigenvalue weighted by molar-refractivity contribution is -0.123. The van der Waals surface area contributed by atoms with Crippen molar-refractivity contribution in [1.82, 2.24) is 0 Å². The van der Waals surface area contributed by atoms with Crippen LogP contribution in [0.15, 0.2) is 66.7 Å². The number of para-hydroxylation sites is 1. The van der Waals surface area contributed by atoms with Crippen LogP contribution in [-0.2, 0) is 21.0 Å². The van der Waals surface area contributed by atoms with Crippen LogP contribution in [-0.4, -0.2) is 17.6 Å². The molecule has 31 heavy (non-hydrogen) atoms. The number of amides is 2. The molecule has 0 aliphatic carbocycles. The summed E-state index contributed by atoms with van der Waals surface area (Å²) in [4.78, 5) is 28.9. The normalized spacial score (nSPS) is 20.1. The van der Waals surface area contributed by atoms with E-state index in [1.54, 1.807) is 11.0 Å². The molecule has 2 aliphatic rings. The summed E-state index contributed by atoms with van der Waals surface area (Å²) in [7, 11) is 0. The van der Waals surface area contributed by atoms with Crippen molar-refractivity contribution in [3.63, 3.8) is 0 Å². The molecule has 0 bridgehead atoms. The van der Waals surface area contributed by atoms with Crippen LogP contribution >= 0.6 is 23.4 Å². The van der Waals surface area contributed by atoms with Crippen LogP contribution < -0.4 is 9.80 Å². The number of nitrogens with zero attached hydrogens (tertiary/aromatic N) is 2. The molecule has 5 rings (SSSR count). The van der Waals surface area contributed by atoms with Crippen molar-refractivity contribution in [3.05, 3.63) is 94.3 Å². The Bertz CT molecular complexity index is 1200. The van der Waals surface area contributed by atoms with Crippen LogP contribution in [0.2, 0.25) is 5.02 Å². The molecule has 1 atom stereocenters. The first-order valence-electron chi connectivity index (χ1n) is 9.81. The van der Waals surface area contributed by atoms with Crippen LogP contribution in [0.3, 0.4) is 0 Å². The first-order chi connectivity index (χ1) is 14.9. The largest absolute Gasteiger partial charge is 0.304 e. The maximum atomic E-state index is 14.5. The standard InChI is InChI=1S/C24H18ClFN2O2S/c1-15-9-11-16(12-10-15)28-22(29)14-31-24(28)18-5-2-3-8-21(18)27(23(24)30)13-17-19(25)6-4-7-20(17)26/h2-12H,13-14H2,1H3. The number of thioether (sulfide) groups is 1. The van der Waals surface area contributed by atoms with Gasteiger partial charge in [-0.3, -0.25) is 14.5 Å². The van der Waals surface area contributed by atoms with E-state index in [9.17, 15) is 14.0 Å². The van der Waals surface area contributed by atoms with Crippen molar-refractivity contribution in [2.75, 3.05) is 15.6 Å². The Labute approximate surface area is 188 Å².